The Morgan fingerprint density at radius 1 is 1.10 bits per heavy atom. The largest absolute Gasteiger partial charge is 0.490 e. The molecule has 1 aromatic heterocycles. The average molecular weight is 467 g/mol. The maximum Gasteiger partial charge on any atom is 0.407 e. The van der Waals surface area contributed by atoms with Crippen LogP contribution in [0.3, 0.4) is 0 Å². The second-order valence-electron chi connectivity index (χ2n) is 6.91. The summed E-state index contributed by atoms with van der Waals surface area (Å²) in [5.74, 6) is 0.640. The number of carbonyl (C=O) groups is 1. The van der Waals surface area contributed by atoms with Crippen LogP contribution >= 0.6 is 22.9 Å². The van der Waals surface area contributed by atoms with Crippen LogP contribution < -0.4 is 9.46 Å². The van der Waals surface area contributed by atoms with Crippen molar-refractivity contribution in [3.63, 3.8) is 0 Å². The minimum absolute atomic E-state index is 0.0974. The van der Waals surface area contributed by atoms with E-state index in [0.29, 0.717) is 47.1 Å². The van der Waals surface area contributed by atoms with Crippen molar-refractivity contribution in [1.82, 2.24) is 4.90 Å². The number of likely N-dealkylation sites (tertiary alicyclic amines) is 1. The second-order valence-corrected chi connectivity index (χ2v) is 10.5. The fourth-order valence-corrected chi connectivity index (χ4v) is 6.01. The molecule has 0 spiro atoms. The van der Waals surface area contributed by atoms with Crippen LogP contribution in [-0.4, -0.2) is 43.7 Å². The first-order valence-electron chi connectivity index (χ1n) is 9.28. The highest BCUT2D eigenvalue weighted by molar-refractivity contribution is 7.94. The number of sulfonamides is 1. The monoisotopic (exact) mass is 466 g/mol. The Bertz CT molecular complexity index is 1190. The number of hydrogen-bond acceptors (Lipinski definition) is 5. The lowest BCUT2D eigenvalue weighted by Gasteiger charge is -2.30. The van der Waals surface area contributed by atoms with E-state index >= 15 is 0 Å². The molecule has 1 fully saturated rings. The number of benzene rings is 2. The Morgan fingerprint density at radius 3 is 2.43 bits per heavy atom. The Kier molecular flexibility index (Phi) is 5.77. The van der Waals surface area contributed by atoms with Crippen molar-refractivity contribution in [3.8, 4) is 5.75 Å². The van der Waals surface area contributed by atoms with Crippen molar-refractivity contribution in [2.75, 3.05) is 17.8 Å². The van der Waals surface area contributed by atoms with Crippen molar-refractivity contribution in [2.24, 2.45) is 0 Å². The number of fused-ring (bicyclic) bond motifs is 1. The molecule has 1 aliphatic rings. The van der Waals surface area contributed by atoms with Crippen LogP contribution in [0.4, 0.5) is 10.5 Å². The van der Waals surface area contributed by atoms with Gasteiger partial charge in [0, 0.05) is 36.7 Å². The zero-order chi connectivity index (χ0) is 21.3. The van der Waals surface area contributed by atoms with Gasteiger partial charge in [0.2, 0.25) is 0 Å². The van der Waals surface area contributed by atoms with Gasteiger partial charge in [-0.05, 0) is 24.3 Å². The molecule has 1 aliphatic heterocycles. The third-order valence-electron chi connectivity index (χ3n) is 4.95. The van der Waals surface area contributed by atoms with E-state index < -0.39 is 16.1 Å². The molecule has 158 valence electrons. The maximum absolute atomic E-state index is 12.7. The molecule has 0 bridgehead atoms. The second kappa shape index (κ2) is 8.33. The van der Waals surface area contributed by atoms with Crippen molar-refractivity contribution in [2.45, 2.75) is 23.2 Å². The minimum Gasteiger partial charge on any atom is -0.490 e. The van der Waals surface area contributed by atoms with Gasteiger partial charge in [0.15, 0.2) is 0 Å². The third kappa shape index (κ3) is 4.33. The summed E-state index contributed by atoms with van der Waals surface area (Å²) in [6.07, 6.45) is 0.199. The summed E-state index contributed by atoms with van der Waals surface area (Å²) in [4.78, 5) is 12.5. The Hall–Kier alpha value is -2.49. The first-order valence-corrected chi connectivity index (χ1v) is 12.0. The SMILES string of the molecule is O=C(O)N1CCC(Oc2ccc(NS(=O)(=O)c3ccc(Cl)s3)c3ccccc23)CC1. The number of rotatable bonds is 5. The quantitative estimate of drug-likeness (QED) is 0.558. The summed E-state index contributed by atoms with van der Waals surface area (Å²) in [6, 6.07) is 13.8. The number of hydrogen-bond donors (Lipinski definition) is 2. The van der Waals surface area contributed by atoms with Crippen LogP contribution in [0.2, 0.25) is 4.34 Å². The lowest BCUT2D eigenvalue weighted by Crippen LogP contribution is -2.41. The number of halogens is 1. The fourth-order valence-electron chi connectivity index (χ4n) is 3.44. The molecule has 2 heterocycles. The molecule has 0 radical (unpaired) electrons. The number of thiophene rings is 1. The van der Waals surface area contributed by atoms with Crippen molar-refractivity contribution >= 4 is 55.5 Å². The summed E-state index contributed by atoms with van der Waals surface area (Å²) in [5.41, 5.74) is 0.447. The molecular weight excluding hydrogens is 448 g/mol. The smallest absolute Gasteiger partial charge is 0.407 e. The van der Waals surface area contributed by atoms with E-state index in [1.807, 2.05) is 24.3 Å². The highest BCUT2D eigenvalue weighted by atomic mass is 35.5. The summed E-state index contributed by atoms with van der Waals surface area (Å²) in [7, 11) is -3.76. The van der Waals surface area contributed by atoms with Gasteiger partial charge in [-0.25, -0.2) is 13.2 Å². The third-order valence-corrected chi connectivity index (χ3v) is 8.04. The summed E-state index contributed by atoms with van der Waals surface area (Å²) < 4.78 is 34.7. The van der Waals surface area contributed by atoms with Gasteiger partial charge in [0.25, 0.3) is 10.0 Å². The van der Waals surface area contributed by atoms with E-state index in [1.165, 1.54) is 11.0 Å². The number of carboxylic acid groups (broad SMARTS) is 1. The van der Waals surface area contributed by atoms with Crippen LogP contribution in [-0.2, 0) is 10.0 Å². The zero-order valence-corrected chi connectivity index (χ0v) is 18.1. The molecule has 0 unspecified atom stereocenters. The van der Waals surface area contributed by atoms with Crippen molar-refractivity contribution in [1.29, 1.82) is 0 Å². The maximum atomic E-state index is 12.7. The molecule has 7 nitrogen and oxygen atoms in total. The highest BCUT2D eigenvalue weighted by Gasteiger charge is 2.24. The van der Waals surface area contributed by atoms with E-state index in [4.69, 9.17) is 21.4 Å². The number of amides is 1. The zero-order valence-electron chi connectivity index (χ0n) is 15.7. The highest BCUT2D eigenvalue weighted by Crippen LogP contribution is 2.35. The summed E-state index contributed by atoms with van der Waals surface area (Å²) in [6.45, 7) is 0.860. The van der Waals surface area contributed by atoms with Gasteiger partial charge in [0.05, 0.1) is 10.0 Å². The normalized spacial score (nSPS) is 15.3. The lowest BCUT2D eigenvalue weighted by molar-refractivity contribution is 0.0902. The van der Waals surface area contributed by atoms with Gasteiger partial charge in [-0.3, -0.25) is 4.72 Å². The first-order chi connectivity index (χ1) is 14.3. The van der Waals surface area contributed by atoms with Gasteiger partial charge in [-0.2, -0.15) is 0 Å². The molecule has 1 amide bonds. The number of piperidine rings is 1. The molecule has 0 saturated carbocycles. The molecule has 30 heavy (non-hydrogen) atoms. The topological polar surface area (TPSA) is 95.9 Å². The van der Waals surface area contributed by atoms with Gasteiger partial charge in [-0.15, -0.1) is 11.3 Å². The predicted octanol–water partition coefficient (Wildman–Crippen LogP) is 4.88. The molecule has 2 aromatic carbocycles. The summed E-state index contributed by atoms with van der Waals surface area (Å²) >= 11 is 6.87. The molecule has 1 saturated heterocycles. The Labute approximate surface area is 182 Å². The number of anilines is 1. The van der Waals surface area contributed by atoms with Crippen molar-refractivity contribution < 1.29 is 23.1 Å². The molecular formula is C20H19ClN2O5S2. The van der Waals surface area contributed by atoms with Crippen LogP contribution in [0, 0.1) is 0 Å². The Morgan fingerprint density at radius 2 is 1.80 bits per heavy atom. The van der Waals surface area contributed by atoms with E-state index in [1.54, 1.807) is 18.2 Å². The molecule has 0 atom stereocenters. The van der Waals surface area contributed by atoms with Crippen LogP contribution in [0.1, 0.15) is 12.8 Å². The van der Waals surface area contributed by atoms with Gasteiger partial charge >= 0.3 is 6.09 Å². The van der Waals surface area contributed by atoms with Crippen LogP contribution in [0.5, 0.6) is 5.75 Å². The average Bonchev–Trinajstić information content (AvgIpc) is 3.17. The lowest BCUT2D eigenvalue weighted by atomic mass is 10.1. The van der Waals surface area contributed by atoms with Gasteiger partial charge < -0.3 is 14.7 Å². The first kappa shape index (κ1) is 20.8. The number of nitrogens with zero attached hydrogens (tertiary/aromatic N) is 1. The fraction of sp³-hybridized carbons (Fsp3) is 0.250. The molecule has 10 heteroatoms. The molecule has 0 aliphatic carbocycles. The van der Waals surface area contributed by atoms with E-state index in [2.05, 4.69) is 4.72 Å². The number of nitrogens with one attached hydrogen (secondary N) is 1. The Balaban J connectivity index is 1.59. The van der Waals surface area contributed by atoms with E-state index in [0.717, 1.165) is 16.7 Å². The minimum atomic E-state index is -3.76. The standard InChI is InChI=1S/C20H19ClN2O5S2/c21-18-7-8-19(29-18)30(26,27)22-16-5-6-17(15-4-2-1-3-14(15)16)28-13-9-11-23(12-10-13)20(24)25/h1-8,13,22H,9-12H2,(H,24,25). The summed E-state index contributed by atoms with van der Waals surface area (Å²) in [5, 5.41) is 10.6. The van der Waals surface area contributed by atoms with Crippen LogP contribution in [0.15, 0.2) is 52.7 Å². The molecule has 4 rings (SSSR count). The van der Waals surface area contributed by atoms with Gasteiger partial charge in [0.1, 0.15) is 16.1 Å². The van der Waals surface area contributed by atoms with Crippen molar-refractivity contribution in [3.05, 3.63) is 52.9 Å². The van der Waals surface area contributed by atoms with Crippen LogP contribution in [0.25, 0.3) is 10.8 Å². The number of ether oxygens (including phenoxy) is 1. The van der Waals surface area contributed by atoms with E-state index in [9.17, 15) is 13.2 Å². The predicted molar refractivity (Wildman–Crippen MR) is 117 cm³/mol. The van der Waals surface area contributed by atoms with Gasteiger partial charge in [-0.1, -0.05) is 35.9 Å². The molecule has 2 N–H and O–H groups in total. The van der Waals surface area contributed by atoms with E-state index in [-0.39, 0.29) is 10.3 Å². The molecule has 3 aromatic rings.